The molecule has 33 heavy (non-hydrogen) atoms. The Kier molecular flexibility index (Phi) is 5.73. The average Bonchev–Trinajstić information content (AvgIpc) is 3.07. The molecule has 0 fully saturated rings. The van der Waals surface area contributed by atoms with Gasteiger partial charge < -0.3 is 4.74 Å². The Labute approximate surface area is 193 Å². The number of fused-ring (bicyclic) bond motifs is 1. The van der Waals surface area contributed by atoms with E-state index in [2.05, 4.69) is 24.3 Å². The topological polar surface area (TPSA) is 41.9 Å². The van der Waals surface area contributed by atoms with Crippen LogP contribution in [0, 0.1) is 0 Å². The van der Waals surface area contributed by atoms with Crippen LogP contribution >= 0.6 is 0 Å². The molecule has 1 atom stereocenters. The van der Waals surface area contributed by atoms with Crippen LogP contribution in [0.3, 0.4) is 0 Å². The van der Waals surface area contributed by atoms with Crippen molar-refractivity contribution in [3.63, 3.8) is 0 Å². The second-order valence-corrected chi connectivity index (χ2v) is 7.95. The van der Waals surface area contributed by atoms with E-state index in [4.69, 9.17) is 9.73 Å². The molecule has 0 radical (unpaired) electrons. The average molecular weight is 433 g/mol. The second-order valence-electron chi connectivity index (χ2n) is 7.95. The SMILES string of the molecule is COc1ccc(C(=O)N2c3ccccc3N=C(c3ccccc3)CC2c2ccccc2)cc1. The lowest BCUT2D eigenvalue weighted by molar-refractivity contribution is 0.0977. The Morgan fingerprint density at radius 2 is 1.45 bits per heavy atom. The van der Waals surface area contributed by atoms with Gasteiger partial charge in [-0.1, -0.05) is 72.8 Å². The number of carbonyl (C=O) groups is 1. The van der Waals surface area contributed by atoms with Gasteiger partial charge in [-0.3, -0.25) is 14.7 Å². The molecule has 0 saturated carbocycles. The van der Waals surface area contributed by atoms with Gasteiger partial charge in [0.1, 0.15) is 5.75 Å². The molecule has 4 nitrogen and oxygen atoms in total. The first-order valence-corrected chi connectivity index (χ1v) is 11.0. The molecule has 0 aromatic heterocycles. The van der Waals surface area contributed by atoms with Crippen LogP contribution < -0.4 is 9.64 Å². The molecule has 1 heterocycles. The number of benzene rings is 4. The minimum atomic E-state index is -0.205. The highest BCUT2D eigenvalue weighted by Gasteiger charge is 2.33. The Balaban J connectivity index is 1.67. The molecular formula is C29H24N2O2. The van der Waals surface area contributed by atoms with Gasteiger partial charge in [0.25, 0.3) is 5.91 Å². The van der Waals surface area contributed by atoms with Gasteiger partial charge in [-0.15, -0.1) is 0 Å². The molecule has 1 aliphatic rings. The summed E-state index contributed by atoms with van der Waals surface area (Å²) in [5.74, 6) is 0.653. The Morgan fingerprint density at radius 3 is 2.15 bits per heavy atom. The smallest absolute Gasteiger partial charge is 0.258 e. The molecule has 0 spiro atoms. The molecule has 0 N–H and O–H groups in total. The number of amides is 1. The van der Waals surface area contributed by atoms with Crippen LogP contribution in [0.4, 0.5) is 11.4 Å². The lowest BCUT2D eigenvalue weighted by Crippen LogP contribution is -2.35. The van der Waals surface area contributed by atoms with Crippen molar-refractivity contribution in [3.8, 4) is 5.75 Å². The molecule has 4 aromatic rings. The van der Waals surface area contributed by atoms with Gasteiger partial charge >= 0.3 is 0 Å². The van der Waals surface area contributed by atoms with E-state index in [1.54, 1.807) is 7.11 Å². The standard InChI is InChI=1S/C29H24N2O2/c1-33-24-18-16-23(17-19-24)29(32)31-27-15-9-8-14-25(27)30-26(21-10-4-2-5-11-21)20-28(31)22-12-6-3-7-13-22/h2-19,28H,20H2,1H3. The van der Waals surface area contributed by atoms with Gasteiger partial charge in [-0.2, -0.15) is 0 Å². The minimum absolute atomic E-state index is 0.0662. The third kappa shape index (κ3) is 4.15. The molecule has 0 saturated heterocycles. The maximum Gasteiger partial charge on any atom is 0.258 e. The van der Waals surface area contributed by atoms with Crippen molar-refractivity contribution < 1.29 is 9.53 Å². The zero-order valence-electron chi connectivity index (χ0n) is 18.4. The first kappa shape index (κ1) is 20.7. The van der Waals surface area contributed by atoms with Crippen molar-refractivity contribution >= 4 is 23.0 Å². The van der Waals surface area contributed by atoms with E-state index in [9.17, 15) is 4.79 Å². The van der Waals surface area contributed by atoms with E-state index in [0.717, 1.165) is 34.0 Å². The monoisotopic (exact) mass is 432 g/mol. The van der Waals surface area contributed by atoms with Gasteiger partial charge in [0.15, 0.2) is 0 Å². The van der Waals surface area contributed by atoms with Crippen molar-refractivity contribution in [1.29, 1.82) is 0 Å². The van der Waals surface area contributed by atoms with Crippen LogP contribution in [0.15, 0.2) is 114 Å². The van der Waals surface area contributed by atoms with Crippen molar-refractivity contribution in [2.45, 2.75) is 12.5 Å². The number of anilines is 1. The maximum absolute atomic E-state index is 14.0. The molecule has 1 aliphatic heterocycles. The fourth-order valence-electron chi connectivity index (χ4n) is 4.27. The maximum atomic E-state index is 14.0. The van der Waals surface area contributed by atoms with E-state index in [1.807, 2.05) is 89.8 Å². The van der Waals surface area contributed by atoms with Crippen molar-refractivity contribution in [2.75, 3.05) is 12.0 Å². The Bertz CT molecular complexity index is 1280. The summed E-state index contributed by atoms with van der Waals surface area (Å²) in [6.07, 6.45) is 0.602. The fraction of sp³-hybridized carbons (Fsp3) is 0.103. The van der Waals surface area contributed by atoms with E-state index in [0.29, 0.717) is 12.0 Å². The molecule has 4 aromatic carbocycles. The van der Waals surface area contributed by atoms with Gasteiger partial charge in [0.2, 0.25) is 0 Å². The van der Waals surface area contributed by atoms with E-state index in [-0.39, 0.29) is 11.9 Å². The largest absolute Gasteiger partial charge is 0.497 e. The number of methoxy groups -OCH3 is 1. The normalized spacial score (nSPS) is 15.2. The van der Waals surface area contributed by atoms with Crippen LogP contribution in [0.1, 0.15) is 33.9 Å². The summed E-state index contributed by atoms with van der Waals surface area (Å²) in [5, 5.41) is 0. The molecule has 0 aliphatic carbocycles. The van der Waals surface area contributed by atoms with Crippen LogP contribution in [0.2, 0.25) is 0 Å². The van der Waals surface area contributed by atoms with Crippen molar-refractivity contribution in [3.05, 3.63) is 126 Å². The third-order valence-electron chi connectivity index (χ3n) is 5.94. The fourth-order valence-corrected chi connectivity index (χ4v) is 4.27. The molecule has 1 unspecified atom stereocenters. The summed E-state index contributed by atoms with van der Waals surface area (Å²) in [5.41, 5.74) is 5.29. The summed E-state index contributed by atoms with van der Waals surface area (Å²) in [4.78, 5) is 20.9. The molecule has 162 valence electrons. The van der Waals surface area contributed by atoms with Gasteiger partial charge in [0, 0.05) is 12.0 Å². The quantitative estimate of drug-likeness (QED) is 0.364. The summed E-state index contributed by atoms with van der Waals surface area (Å²) >= 11 is 0. The predicted octanol–water partition coefficient (Wildman–Crippen LogP) is 6.61. The summed E-state index contributed by atoms with van der Waals surface area (Å²) < 4.78 is 5.28. The molecule has 1 amide bonds. The first-order valence-electron chi connectivity index (χ1n) is 11.0. The van der Waals surface area contributed by atoms with Crippen LogP contribution in [0.5, 0.6) is 5.75 Å². The van der Waals surface area contributed by atoms with Gasteiger partial charge in [-0.25, -0.2) is 0 Å². The van der Waals surface area contributed by atoms with E-state index in [1.165, 1.54) is 0 Å². The zero-order chi connectivity index (χ0) is 22.6. The number of aliphatic imine (C=N–C) groups is 1. The number of carbonyl (C=O) groups excluding carboxylic acids is 1. The zero-order valence-corrected chi connectivity index (χ0v) is 18.4. The lowest BCUT2D eigenvalue weighted by Gasteiger charge is -2.32. The molecule has 0 bridgehead atoms. The molecule has 4 heteroatoms. The van der Waals surface area contributed by atoms with E-state index < -0.39 is 0 Å². The Morgan fingerprint density at radius 1 is 0.818 bits per heavy atom. The number of hydrogen-bond acceptors (Lipinski definition) is 3. The summed E-state index contributed by atoms with van der Waals surface area (Å²) in [6, 6.07) is 35.3. The summed E-state index contributed by atoms with van der Waals surface area (Å²) in [6.45, 7) is 0. The van der Waals surface area contributed by atoms with Crippen LogP contribution in [0.25, 0.3) is 0 Å². The number of nitrogens with zero attached hydrogens (tertiary/aromatic N) is 2. The summed E-state index contributed by atoms with van der Waals surface area (Å²) in [7, 11) is 1.62. The van der Waals surface area contributed by atoms with Gasteiger partial charge in [0.05, 0.1) is 30.2 Å². The number of ether oxygens (including phenoxy) is 1. The number of para-hydroxylation sites is 2. The minimum Gasteiger partial charge on any atom is -0.497 e. The number of hydrogen-bond donors (Lipinski definition) is 0. The predicted molar refractivity (Wildman–Crippen MR) is 133 cm³/mol. The molecule has 5 rings (SSSR count). The third-order valence-corrected chi connectivity index (χ3v) is 5.94. The highest BCUT2D eigenvalue weighted by Crippen LogP contribution is 2.41. The molecular weight excluding hydrogens is 408 g/mol. The van der Waals surface area contributed by atoms with Crippen molar-refractivity contribution in [1.82, 2.24) is 0 Å². The van der Waals surface area contributed by atoms with Crippen molar-refractivity contribution in [2.24, 2.45) is 4.99 Å². The van der Waals surface area contributed by atoms with Gasteiger partial charge in [-0.05, 0) is 47.5 Å². The van der Waals surface area contributed by atoms with Crippen LogP contribution in [-0.2, 0) is 0 Å². The first-order chi connectivity index (χ1) is 16.2. The van der Waals surface area contributed by atoms with Crippen LogP contribution in [-0.4, -0.2) is 18.7 Å². The number of rotatable bonds is 4. The Hall–Kier alpha value is -4.18. The highest BCUT2D eigenvalue weighted by molar-refractivity contribution is 6.11. The highest BCUT2D eigenvalue weighted by atomic mass is 16.5. The van der Waals surface area contributed by atoms with E-state index >= 15 is 0 Å². The second kappa shape index (κ2) is 9.13. The lowest BCUT2D eigenvalue weighted by atomic mass is 9.95.